The molecule has 2 aromatic carbocycles. The number of piperazine rings is 1. The van der Waals surface area contributed by atoms with Gasteiger partial charge in [-0.1, -0.05) is 48.5 Å². The summed E-state index contributed by atoms with van der Waals surface area (Å²) in [5.41, 5.74) is 1.72. The summed E-state index contributed by atoms with van der Waals surface area (Å²) in [7, 11) is -2.92. The third kappa shape index (κ3) is 4.18. The third-order valence-corrected chi connectivity index (χ3v) is 7.91. The molecular formula is C23H25N5O3S. The fourth-order valence-corrected chi connectivity index (χ4v) is 6.18. The number of carbonyl (C=O) groups excluding carboxylic acids is 1. The maximum Gasteiger partial charge on any atom is 0.293 e. The van der Waals surface area contributed by atoms with Crippen molar-refractivity contribution in [1.82, 2.24) is 24.6 Å². The second-order valence-corrected chi connectivity index (χ2v) is 10.5. The number of sulfone groups is 1. The Morgan fingerprint density at radius 2 is 1.56 bits per heavy atom. The second-order valence-electron chi connectivity index (χ2n) is 8.26. The first-order valence-corrected chi connectivity index (χ1v) is 12.6. The third-order valence-electron chi connectivity index (χ3n) is 6.16. The summed E-state index contributed by atoms with van der Waals surface area (Å²) in [4.78, 5) is 21.8. The quantitative estimate of drug-likeness (QED) is 0.602. The fourth-order valence-electron chi connectivity index (χ4n) is 4.42. The van der Waals surface area contributed by atoms with Gasteiger partial charge in [-0.15, -0.1) is 5.10 Å². The summed E-state index contributed by atoms with van der Waals surface area (Å²) in [6.07, 6.45) is 0.680. The molecule has 0 spiro atoms. The molecule has 0 aliphatic carbocycles. The van der Waals surface area contributed by atoms with E-state index >= 15 is 0 Å². The molecule has 3 heterocycles. The van der Waals surface area contributed by atoms with Crippen LogP contribution in [0.1, 0.15) is 17.0 Å². The van der Waals surface area contributed by atoms with Crippen molar-refractivity contribution in [3.8, 4) is 17.1 Å². The van der Waals surface area contributed by atoms with Gasteiger partial charge in [0.15, 0.2) is 15.7 Å². The zero-order valence-corrected chi connectivity index (χ0v) is 18.5. The van der Waals surface area contributed by atoms with Gasteiger partial charge in [0.05, 0.1) is 17.2 Å². The maximum absolute atomic E-state index is 13.2. The van der Waals surface area contributed by atoms with Crippen molar-refractivity contribution < 1.29 is 13.2 Å². The molecule has 166 valence electrons. The summed E-state index contributed by atoms with van der Waals surface area (Å²) in [6, 6.07) is 19.4. The van der Waals surface area contributed by atoms with E-state index in [0.717, 1.165) is 11.3 Å². The van der Waals surface area contributed by atoms with E-state index < -0.39 is 9.84 Å². The topological polar surface area (TPSA) is 88.4 Å². The van der Waals surface area contributed by atoms with Crippen LogP contribution in [0.3, 0.4) is 0 Å². The maximum atomic E-state index is 13.2. The highest BCUT2D eigenvalue weighted by atomic mass is 32.2. The summed E-state index contributed by atoms with van der Waals surface area (Å²) in [6.45, 7) is 2.40. The molecule has 0 radical (unpaired) electrons. The number of benzene rings is 2. The van der Waals surface area contributed by atoms with E-state index in [1.807, 2.05) is 60.7 Å². The molecule has 2 fully saturated rings. The van der Waals surface area contributed by atoms with Gasteiger partial charge in [-0.25, -0.2) is 18.1 Å². The van der Waals surface area contributed by atoms with Crippen LogP contribution >= 0.6 is 0 Å². The fraction of sp³-hybridized carbons (Fsp3) is 0.348. The predicted molar refractivity (Wildman–Crippen MR) is 121 cm³/mol. The van der Waals surface area contributed by atoms with Gasteiger partial charge in [0.1, 0.15) is 0 Å². The summed E-state index contributed by atoms with van der Waals surface area (Å²) in [5, 5.41) is 4.57. The lowest BCUT2D eigenvalue weighted by molar-refractivity contribution is 0.0576. The average Bonchev–Trinajstić information content (AvgIpc) is 3.43. The summed E-state index contributed by atoms with van der Waals surface area (Å²) < 4.78 is 25.3. The van der Waals surface area contributed by atoms with Crippen molar-refractivity contribution in [2.75, 3.05) is 37.7 Å². The van der Waals surface area contributed by atoms with Crippen LogP contribution in [-0.2, 0) is 9.84 Å². The van der Waals surface area contributed by atoms with Crippen molar-refractivity contribution in [3.05, 3.63) is 66.5 Å². The molecule has 1 aromatic heterocycles. The number of hydrogen-bond donors (Lipinski definition) is 0. The molecule has 2 saturated heterocycles. The normalized spacial score (nSPS) is 21.0. The van der Waals surface area contributed by atoms with Gasteiger partial charge in [-0.3, -0.25) is 9.69 Å². The zero-order chi connectivity index (χ0) is 22.1. The number of hydrogen-bond acceptors (Lipinski definition) is 6. The molecular weight excluding hydrogens is 426 g/mol. The van der Waals surface area contributed by atoms with Crippen LogP contribution in [0.5, 0.6) is 0 Å². The highest BCUT2D eigenvalue weighted by Crippen LogP contribution is 2.23. The molecule has 1 unspecified atom stereocenters. The van der Waals surface area contributed by atoms with Gasteiger partial charge in [0.25, 0.3) is 5.91 Å². The average molecular weight is 452 g/mol. The molecule has 0 saturated carbocycles. The number of amides is 1. The lowest BCUT2D eigenvalue weighted by Crippen LogP contribution is -2.52. The Kier molecular flexibility index (Phi) is 5.52. The molecule has 8 nitrogen and oxygen atoms in total. The monoisotopic (exact) mass is 451 g/mol. The largest absolute Gasteiger partial charge is 0.333 e. The van der Waals surface area contributed by atoms with Crippen LogP contribution in [0.4, 0.5) is 0 Å². The number of rotatable bonds is 4. The highest BCUT2D eigenvalue weighted by molar-refractivity contribution is 7.91. The molecule has 3 aromatic rings. The standard InChI is InChI=1S/C23H25N5O3S/c29-23(27-14-12-26(13-15-27)20-11-16-32(30,31)17-20)21-24-22(18-7-3-1-4-8-18)28(25-21)19-9-5-2-6-10-19/h1-10,20H,11-17H2. The number of nitrogens with zero attached hydrogens (tertiary/aromatic N) is 5. The van der Waals surface area contributed by atoms with Gasteiger partial charge < -0.3 is 4.90 Å². The van der Waals surface area contributed by atoms with E-state index in [2.05, 4.69) is 15.0 Å². The number of aromatic nitrogens is 3. The van der Waals surface area contributed by atoms with Crippen LogP contribution in [0.15, 0.2) is 60.7 Å². The SMILES string of the molecule is O=C(c1nc(-c2ccccc2)n(-c2ccccc2)n1)N1CCN(C2CCS(=O)(=O)C2)CC1. The van der Waals surface area contributed by atoms with Crippen molar-refractivity contribution in [3.63, 3.8) is 0 Å². The lowest BCUT2D eigenvalue weighted by atomic mass is 10.2. The smallest absolute Gasteiger partial charge is 0.293 e. The van der Waals surface area contributed by atoms with E-state index in [1.54, 1.807) is 9.58 Å². The van der Waals surface area contributed by atoms with Gasteiger partial charge in [-0.2, -0.15) is 0 Å². The summed E-state index contributed by atoms with van der Waals surface area (Å²) in [5.74, 6) is 1.08. The van der Waals surface area contributed by atoms with E-state index in [4.69, 9.17) is 0 Å². The molecule has 0 bridgehead atoms. The Morgan fingerprint density at radius 3 is 2.19 bits per heavy atom. The summed E-state index contributed by atoms with van der Waals surface area (Å²) >= 11 is 0. The van der Waals surface area contributed by atoms with Gasteiger partial charge in [0.2, 0.25) is 5.82 Å². The van der Waals surface area contributed by atoms with Crippen LogP contribution in [0, 0.1) is 0 Å². The lowest BCUT2D eigenvalue weighted by Gasteiger charge is -2.37. The first-order valence-electron chi connectivity index (χ1n) is 10.8. The molecule has 2 aliphatic rings. The minimum Gasteiger partial charge on any atom is -0.333 e. The van der Waals surface area contributed by atoms with Crippen LogP contribution in [-0.4, -0.2) is 82.6 Å². The van der Waals surface area contributed by atoms with Gasteiger partial charge in [0, 0.05) is 37.8 Å². The molecule has 1 amide bonds. The first-order chi connectivity index (χ1) is 15.5. The van der Waals surface area contributed by atoms with E-state index in [-0.39, 0.29) is 29.3 Å². The Balaban J connectivity index is 1.36. The Hall–Kier alpha value is -3.04. The minimum absolute atomic E-state index is 0.0670. The first kappa shape index (κ1) is 20.8. The molecule has 2 aliphatic heterocycles. The van der Waals surface area contributed by atoms with Gasteiger partial charge >= 0.3 is 0 Å². The van der Waals surface area contributed by atoms with E-state index in [0.29, 0.717) is 38.4 Å². The highest BCUT2D eigenvalue weighted by Gasteiger charge is 2.35. The van der Waals surface area contributed by atoms with Crippen molar-refractivity contribution >= 4 is 15.7 Å². The second kappa shape index (κ2) is 8.48. The van der Waals surface area contributed by atoms with Crippen LogP contribution < -0.4 is 0 Å². The van der Waals surface area contributed by atoms with Crippen LogP contribution in [0.2, 0.25) is 0 Å². The Labute approximate surface area is 187 Å². The molecule has 5 rings (SSSR count). The van der Waals surface area contributed by atoms with Gasteiger partial charge in [-0.05, 0) is 18.6 Å². The number of para-hydroxylation sites is 1. The predicted octanol–water partition coefficient (Wildman–Crippen LogP) is 1.88. The Morgan fingerprint density at radius 1 is 0.906 bits per heavy atom. The van der Waals surface area contributed by atoms with E-state index in [9.17, 15) is 13.2 Å². The minimum atomic E-state index is -2.92. The molecule has 9 heteroatoms. The molecule has 1 atom stereocenters. The molecule has 0 N–H and O–H groups in total. The van der Waals surface area contributed by atoms with E-state index in [1.165, 1.54) is 0 Å². The van der Waals surface area contributed by atoms with Crippen molar-refractivity contribution in [1.29, 1.82) is 0 Å². The Bertz CT molecular complexity index is 1150. The number of carbonyl (C=O) groups is 1. The molecule has 32 heavy (non-hydrogen) atoms. The zero-order valence-electron chi connectivity index (χ0n) is 17.7. The van der Waals surface area contributed by atoms with Crippen molar-refractivity contribution in [2.24, 2.45) is 0 Å². The van der Waals surface area contributed by atoms with Crippen LogP contribution in [0.25, 0.3) is 17.1 Å². The van der Waals surface area contributed by atoms with Crippen molar-refractivity contribution in [2.45, 2.75) is 12.5 Å².